The minimum atomic E-state index is -4.50. The van der Waals surface area contributed by atoms with Gasteiger partial charge in [0.1, 0.15) is 25.0 Å². The van der Waals surface area contributed by atoms with Crippen LogP contribution in [0, 0.1) is 16.0 Å². The summed E-state index contributed by atoms with van der Waals surface area (Å²) in [4.78, 5) is 10.1. The van der Waals surface area contributed by atoms with Crippen LogP contribution in [0.25, 0.3) is 0 Å². The molecular formula is C10H10F3N7O3. The van der Waals surface area contributed by atoms with Gasteiger partial charge in [0.25, 0.3) is 0 Å². The summed E-state index contributed by atoms with van der Waals surface area (Å²) in [7, 11) is 0. The fourth-order valence-electron chi connectivity index (χ4n) is 2.26. The van der Waals surface area contributed by atoms with Gasteiger partial charge in [0.2, 0.25) is 0 Å². The number of hydrogen-bond acceptors (Lipinski definition) is 7. The van der Waals surface area contributed by atoms with Crippen molar-refractivity contribution < 1.29 is 22.8 Å². The third-order valence-corrected chi connectivity index (χ3v) is 3.35. The molecule has 23 heavy (non-hydrogen) atoms. The van der Waals surface area contributed by atoms with Crippen LogP contribution in [-0.4, -0.2) is 54.3 Å². The van der Waals surface area contributed by atoms with E-state index in [-0.39, 0.29) is 30.6 Å². The van der Waals surface area contributed by atoms with Crippen molar-refractivity contribution in [2.75, 3.05) is 13.2 Å². The fourth-order valence-corrected chi connectivity index (χ4v) is 2.26. The maximum atomic E-state index is 12.6. The fraction of sp³-hybridized carbons (Fsp3) is 0.600. The Bertz CT molecular complexity index is 709. The van der Waals surface area contributed by atoms with Crippen LogP contribution >= 0.6 is 0 Å². The Kier molecular flexibility index (Phi) is 3.71. The van der Waals surface area contributed by atoms with E-state index >= 15 is 0 Å². The molecule has 1 atom stereocenters. The smallest absolute Gasteiger partial charge is 0.380 e. The highest BCUT2D eigenvalue weighted by atomic mass is 19.4. The largest absolute Gasteiger partial charge is 0.408 e. The molecule has 1 saturated heterocycles. The van der Waals surface area contributed by atoms with Crippen molar-refractivity contribution in [2.45, 2.75) is 18.8 Å². The van der Waals surface area contributed by atoms with Crippen molar-refractivity contribution in [3.05, 3.63) is 28.3 Å². The highest BCUT2D eigenvalue weighted by Gasteiger charge is 2.38. The van der Waals surface area contributed by atoms with Crippen LogP contribution < -0.4 is 0 Å². The molecule has 0 spiro atoms. The van der Waals surface area contributed by atoms with Crippen molar-refractivity contribution in [2.24, 2.45) is 5.92 Å². The molecule has 13 heteroatoms. The van der Waals surface area contributed by atoms with E-state index in [4.69, 9.17) is 4.74 Å². The van der Waals surface area contributed by atoms with Gasteiger partial charge < -0.3 is 4.74 Å². The quantitative estimate of drug-likeness (QED) is 0.580. The van der Waals surface area contributed by atoms with Crippen LogP contribution in [0.3, 0.4) is 0 Å². The molecule has 2 aromatic rings. The summed E-state index contributed by atoms with van der Waals surface area (Å²) in [6.07, 6.45) is -2.35. The van der Waals surface area contributed by atoms with Crippen molar-refractivity contribution >= 4 is 5.69 Å². The van der Waals surface area contributed by atoms with Crippen LogP contribution in [0.1, 0.15) is 11.9 Å². The molecule has 0 bridgehead atoms. The number of alkyl halides is 3. The molecule has 124 valence electrons. The standard InChI is InChI=1S/C10H10F3N7O3/c11-10(12,13)5-19-9(15-16-17-19)8(6-3-23-4-6)18-2-7(1-14-18)20(21)22/h1-2,6,8H,3-5H2. The van der Waals surface area contributed by atoms with Gasteiger partial charge in [-0.15, -0.1) is 5.10 Å². The Labute approximate surface area is 126 Å². The maximum absolute atomic E-state index is 12.6. The summed E-state index contributed by atoms with van der Waals surface area (Å²) in [5.41, 5.74) is -0.273. The van der Waals surface area contributed by atoms with E-state index in [1.54, 1.807) is 0 Å². The number of ether oxygens (including phenoxy) is 1. The van der Waals surface area contributed by atoms with Crippen LogP contribution in [0.2, 0.25) is 0 Å². The zero-order valence-electron chi connectivity index (χ0n) is 11.4. The van der Waals surface area contributed by atoms with Gasteiger partial charge in [-0.3, -0.25) is 14.8 Å². The van der Waals surface area contributed by atoms with E-state index < -0.39 is 23.7 Å². The number of nitrogens with zero attached hydrogens (tertiary/aromatic N) is 7. The average molecular weight is 333 g/mol. The summed E-state index contributed by atoms with van der Waals surface area (Å²) < 4.78 is 44.7. The Balaban J connectivity index is 1.96. The first kappa shape index (κ1) is 15.3. The second kappa shape index (κ2) is 5.57. The van der Waals surface area contributed by atoms with Crippen molar-refractivity contribution in [3.8, 4) is 0 Å². The summed E-state index contributed by atoms with van der Waals surface area (Å²) in [6.45, 7) is -0.808. The Morgan fingerprint density at radius 1 is 1.48 bits per heavy atom. The lowest BCUT2D eigenvalue weighted by Crippen LogP contribution is -2.38. The SMILES string of the molecule is O=[N+]([O-])c1cnn(C(c2nnnn2CC(F)(F)F)C2COC2)c1. The molecule has 3 heterocycles. The zero-order chi connectivity index (χ0) is 16.6. The molecule has 2 aromatic heterocycles. The molecule has 0 amide bonds. The Hall–Kier alpha value is -2.57. The van der Waals surface area contributed by atoms with Gasteiger partial charge in [-0.1, -0.05) is 0 Å². The normalized spacial score (nSPS) is 17.0. The van der Waals surface area contributed by atoms with Gasteiger partial charge >= 0.3 is 11.9 Å². The monoisotopic (exact) mass is 333 g/mol. The topological polar surface area (TPSA) is 114 Å². The van der Waals surface area contributed by atoms with Crippen LogP contribution in [0.15, 0.2) is 12.4 Å². The molecule has 1 unspecified atom stereocenters. The number of tetrazole rings is 1. The molecule has 0 radical (unpaired) electrons. The van der Waals surface area contributed by atoms with E-state index in [1.165, 1.54) is 4.68 Å². The van der Waals surface area contributed by atoms with Gasteiger partial charge in [0, 0.05) is 5.92 Å². The number of rotatable bonds is 5. The van der Waals surface area contributed by atoms with Crippen LogP contribution in [0.5, 0.6) is 0 Å². The van der Waals surface area contributed by atoms with Gasteiger partial charge in [-0.05, 0) is 10.4 Å². The predicted molar refractivity (Wildman–Crippen MR) is 65.2 cm³/mol. The first-order valence-corrected chi connectivity index (χ1v) is 6.44. The van der Waals surface area contributed by atoms with E-state index in [1.807, 2.05) is 0 Å². The lowest BCUT2D eigenvalue weighted by Gasteiger charge is -2.32. The number of halogens is 3. The summed E-state index contributed by atoms with van der Waals surface area (Å²) in [6, 6.07) is -0.783. The minimum absolute atomic E-state index is 0.0753. The molecule has 1 aliphatic heterocycles. The highest BCUT2D eigenvalue weighted by Crippen LogP contribution is 2.31. The van der Waals surface area contributed by atoms with Gasteiger partial charge in [0.05, 0.1) is 18.1 Å². The molecular weight excluding hydrogens is 323 g/mol. The average Bonchev–Trinajstić information content (AvgIpc) is 3.00. The highest BCUT2D eigenvalue weighted by molar-refractivity contribution is 5.22. The second-order valence-electron chi connectivity index (χ2n) is 4.99. The molecule has 1 fully saturated rings. The van der Waals surface area contributed by atoms with Crippen molar-refractivity contribution in [1.82, 2.24) is 30.0 Å². The second-order valence-corrected chi connectivity index (χ2v) is 4.99. The first-order chi connectivity index (χ1) is 10.8. The molecule has 0 aliphatic carbocycles. The lowest BCUT2D eigenvalue weighted by atomic mass is 9.97. The molecule has 1 aliphatic rings. The number of aromatic nitrogens is 6. The molecule has 0 aromatic carbocycles. The first-order valence-electron chi connectivity index (χ1n) is 6.44. The number of hydrogen-bond donors (Lipinski definition) is 0. The van der Waals surface area contributed by atoms with E-state index in [2.05, 4.69) is 20.6 Å². The van der Waals surface area contributed by atoms with Crippen molar-refractivity contribution in [3.63, 3.8) is 0 Å². The van der Waals surface area contributed by atoms with Gasteiger partial charge in [-0.25, -0.2) is 4.68 Å². The molecule has 10 nitrogen and oxygen atoms in total. The third kappa shape index (κ3) is 3.13. The molecule has 0 saturated carbocycles. The predicted octanol–water partition coefficient (Wildman–Crippen LogP) is 0.576. The van der Waals surface area contributed by atoms with Crippen LogP contribution in [-0.2, 0) is 11.3 Å². The van der Waals surface area contributed by atoms with Gasteiger partial charge in [0.15, 0.2) is 5.82 Å². The Morgan fingerprint density at radius 3 is 2.74 bits per heavy atom. The summed E-state index contributed by atoms with van der Waals surface area (Å²) in [5, 5.41) is 24.9. The maximum Gasteiger partial charge on any atom is 0.408 e. The number of nitro groups is 1. The molecule has 3 rings (SSSR count). The molecule has 0 N–H and O–H groups in total. The zero-order valence-corrected chi connectivity index (χ0v) is 11.4. The van der Waals surface area contributed by atoms with Crippen molar-refractivity contribution in [1.29, 1.82) is 0 Å². The summed E-state index contributed by atoms with van der Waals surface area (Å²) >= 11 is 0. The van der Waals surface area contributed by atoms with Gasteiger partial charge in [-0.2, -0.15) is 18.3 Å². The summed E-state index contributed by atoms with van der Waals surface area (Å²) in [5.74, 6) is -0.305. The third-order valence-electron chi connectivity index (χ3n) is 3.35. The minimum Gasteiger partial charge on any atom is -0.380 e. The lowest BCUT2D eigenvalue weighted by molar-refractivity contribution is -0.385. The van der Waals surface area contributed by atoms with E-state index in [0.717, 1.165) is 12.4 Å². The van der Waals surface area contributed by atoms with Crippen LogP contribution in [0.4, 0.5) is 18.9 Å². The van der Waals surface area contributed by atoms with E-state index in [0.29, 0.717) is 4.68 Å². The Morgan fingerprint density at radius 2 is 2.22 bits per heavy atom. The van der Waals surface area contributed by atoms with E-state index in [9.17, 15) is 23.3 Å².